The average molecular weight is 646 g/mol. The first-order valence-corrected chi connectivity index (χ1v) is 14.4. The van der Waals surface area contributed by atoms with Gasteiger partial charge in [-0.05, 0) is 48.0 Å². The van der Waals surface area contributed by atoms with Crippen LogP contribution in [0.15, 0.2) is 89.0 Å². The quantitative estimate of drug-likeness (QED) is 0.0754. The lowest BCUT2D eigenvalue weighted by Gasteiger charge is -2.23. The fourth-order valence-corrected chi connectivity index (χ4v) is 4.99. The Bertz CT molecular complexity index is 1670. The van der Waals surface area contributed by atoms with Gasteiger partial charge < -0.3 is 15.0 Å². The summed E-state index contributed by atoms with van der Waals surface area (Å²) in [5.41, 5.74) is 3.08. The highest BCUT2D eigenvalue weighted by molar-refractivity contribution is 7.99. The molecular weight excluding hydrogens is 617 g/mol. The molecule has 3 aromatic carbocycles. The number of halogens is 5. The lowest BCUT2D eigenvalue weighted by atomic mass is 10.1. The molecule has 8 nitrogen and oxygen atoms in total. The van der Waals surface area contributed by atoms with E-state index in [4.69, 9.17) is 0 Å². The van der Waals surface area contributed by atoms with Crippen molar-refractivity contribution in [1.82, 2.24) is 15.3 Å². The monoisotopic (exact) mass is 645 g/mol. The lowest BCUT2D eigenvalue weighted by molar-refractivity contribution is -0.253. The van der Waals surface area contributed by atoms with E-state index in [1.807, 2.05) is 30.3 Å². The van der Waals surface area contributed by atoms with E-state index >= 15 is 0 Å². The van der Waals surface area contributed by atoms with Gasteiger partial charge in [-0.3, -0.25) is 14.6 Å². The summed E-state index contributed by atoms with van der Waals surface area (Å²) in [6, 6.07) is 17.7. The number of hydrazone groups is 1. The molecule has 0 aliphatic heterocycles. The summed E-state index contributed by atoms with van der Waals surface area (Å²) in [5, 5.41) is 7.41. The normalized spacial score (nSPS) is 12.4. The Kier molecular flexibility index (Phi) is 10.9. The van der Waals surface area contributed by atoms with Crippen LogP contribution in [0.5, 0.6) is 5.75 Å². The molecule has 14 heteroatoms. The summed E-state index contributed by atoms with van der Waals surface area (Å²) in [6.07, 6.45) is -6.28. The first-order valence-electron chi connectivity index (χ1n) is 13.4. The molecule has 0 radical (unpaired) electrons. The zero-order chi connectivity index (χ0) is 32.6. The van der Waals surface area contributed by atoms with Gasteiger partial charge in [-0.25, -0.2) is 9.82 Å². The van der Waals surface area contributed by atoms with Crippen molar-refractivity contribution in [3.63, 3.8) is 0 Å². The summed E-state index contributed by atoms with van der Waals surface area (Å²) in [5.74, 6) is -1.60. The third-order valence-electron chi connectivity index (χ3n) is 6.28. The zero-order valence-corrected chi connectivity index (χ0v) is 24.8. The minimum atomic E-state index is -4.69. The summed E-state index contributed by atoms with van der Waals surface area (Å²) in [4.78, 5) is 32.7. The van der Waals surface area contributed by atoms with Crippen LogP contribution in [-0.4, -0.2) is 66.3 Å². The first-order chi connectivity index (χ1) is 21.4. The van der Waals surface area contributed by atoms with Crippen LogP contribution in [0.1, 0.15) is 22.3 Å². The van der Waals surface area contributed by atoms with E-state index in [2.05, 4.69) is 25.6 Å². The van der Waals surface area contributed by atoms with Gasteiger partial charge in [0.15, 0.2) is 0 Å². The molecule has 0 aliphatic rings. The smallest absolute Gasteiger partial charge is 0.428 e. The molecule has 2 N–H and O–H groups in total. The molecule has 1 atom stereocenters. The van der Waals surface area contributed by atoms with Crippen LogP contribution in [0, 0.1) is 5.82 Å². The van der Waals surface area contributed by atoms with Gasteiger partial charge in [0.2, 0.25) is 5.91 Å². The summed E-state index contributed by atoms with van der Waals surface area (Å²) in [7, 11) is 3.26. The van der Waals surface area contributed by atoms with Gasteiger partial charge in [-0.15, -0.1) is 11.8 Å². The molecule has 0 spiro atoms. The highest BCUT2D eigenvalue weighted by Gasteiger charge is 2.44. The second kappa shape index (κ2) is 14.8. The van der Waals surface area contributed by atoms with E-state index in [0.717, 1.165) is 23.2 Å². The van der Waals surface area contributed by atoms with Gasteiger partial charge in [0.05, 0.1) is 23.0 Å². The third-order valence-corrected chi connectivity index (χ3v) is 7.46. The molecule has 2 amide bonds. The molecule has 0 unspecified atom stereocenters. The minimum absolute atomic E-state index is 0.00840. The van der Waals surface area contributed by atoms with Gasteiger partial charge in [-0.2, -0.15) is 22.7 Å². The first kappa shape index (κ1) is 33.2. The second-order valence-electron chi connectivity index (χ2n) is 9.90. The van der Waals surface area contributed by atoms with E-state index < -0.39 is 36.0 Å². The van der Waals surface area contributed by atoms with Crippen LogP contribution in [0.25, 0.3) is 10.9 Å². The molecule has 0 saturated heterocycles. The molecule has 0 bridgehead atoms. The largest absolute Gasteiger partial charge is 0.461 e. The van der Waals surface area contributed by atoms with Crippen LogP contribution in [0.2, 0.25) is 0 Å². The van der Waals surface area contributed by atoms with Crippen molar-refractivity contribution in [2.24, 2.45) is 5.10 Å². The number of hydrogen-bond donors (Lipinski definition) is 2. The molecule has 1 aromatic heterocycles. The molecule has 45 heavy (non-hydrogen) atoms. The standard InChI is InChI=1S/C31H28F5N5O3S/c1-41(2)27(42)15-21(18-45-23-9-4-3-5-10-23)39-28-24-14-20(32)11-12-26(24)37-17-25(28)29(43)40-38-16-19-7-6-8-22(13-19)44-31(35,36)30(33)34/h3-14,16-17,21,30H,15,18H2,1-2H3,(H,37,39)(H,40,43)/b38-16+/t21-/m1/s1. The number of nitrogens with zero attached hydrogens (tertiary/aromatic N) is 3. The Labute approximate surface area is 259 Å². The number of anilines is 1. The number of carbonyl (C=O) groups is 2. The van der Waals surface area contributed by atoms with Crippen molar-refractivity contribution in [2.45, 2.75) is 29.9 Å². The molecule has 0 aliphatic carbocycles. The lowest BCUT2D eigenvalue weighted by Crippen LogP contribution is -2.33. The maximum absolute atomic E-state index is 14.4. The van der Waals surface area contributed by atoms with Crippen LogP contribution in [0.4, 0.5) is 27.6 Å². The van der Waals surface area contributed by atoms with Crippen LogP contribution in [0.3, 0.4) is 0 Å². The number of rotatable bonds is 13. The van der Waals surface area contributed by atoms with Gasteiger partial charge in [-0.1, -0.05) is 30.3 Å². The number of ether oxygens (including phenoxy) is 1. The van der Waals surface area contributed by atoms with E-state index in [0.29, 0.717) is 16.7 Å². The number of hydrogen-bond acceptors (Lipinski definition) is 7. The summed E-state index contributed by atoms with van der Waals surface area (Å²) < 4.78 is 70.1. The van der Waals surface area contributed by atoms with Crippen LogP contribution < -0.4 is 15.5 Å². The highest BCUT2D eigenvalue weighted by Crippen LogP contribution is 2.30. The Balaban J connectivity index is 1.60. The number of amides is 2. The Morgan fingerprint density at radius 2 is 1.82 bits per heavy atom. The van der Waals surface area contributed by atoms with Gasteiger partial charge in [0.1, 0.15) is 11.6 Å². The fraction of sp³-hybridized carbons (Fsp3) is 0.226. The van der Waals surface area contributed by atoms with Crippen LogP contribution in [-0.2, 0) is 4.79 Å². The number of fused-ring (bicyclic) bond motifs is 1. The van der Waals surface area contributed by atoms with Crippen molar-refractivity contribution >= 4 is 46.4 Å². The number of alkyl halides is 4. The van der Waals surface area contributed by atoms with Crippen molar-refractivity contribution < 1.29 is 36.3 Å². The predicted octanol–water partition coefficient (Wildman–Crippen LogP) is 6.43. The molecular formula is C31H28F5N5O3S. The molecule has 0 saturated carbocycles. The Morgan fingerprint density at radius 3 is 2.53 bits per heavy atom. The van der Waals surface area contributed by atoms with Crippen molar-refractivity contribution in [1.29, 1.82) is 0 Å². The summed E-state index contributed by atoms with van der Waals surface area (Å²) >= 11 is 1.50. The number of nitrogens with one attached hydrogen (secondary N) is 2. The molecule has 4 aromatic rings. The van der Waals surface area contributed by atoms with Crippen molar-refractivity contribution in [3.05, 3.63) is 95.9 Å². The third kappa shape index (κ3) is 9.14. The van der Waals surface area contributed by atoms with Crippen LogP contribution >= 0.6 is 11.8 Å². The number of carbonyl (C=O) groups excluding carboxylic acids is 2. The molecule has 0 fully saturated rings. The highest BCUT2D eigenvalue weighted by atomic mass is 32.2. The van der Waals surface area contributed by atoms with Gasteiger partial charge in [0, 0.05) is 48.8 Å². The zero-order valence-electron chi connectivity index (χ0n) is 24.0. The van der Waals surface area contributed by atoms with Gasteiger partial charge in [0.25, 0.3) is 5.91 Å². The molecule has 1 heterocycles. The number of aromatic nitrogens is 1. The Hall–Kier alpha value is -4.72. The maximum atomic E-state index is 14.4. The fourth-order valence-electron chi connectivity index (χ4n) is 4.04. The average Bonchev–Trinajstić information content (AvgIpc) is 3.00. The predicted molar refractivity (Wildman–Crippen MR) is 163 cm³/mol. The maximum Gasteiger partial charge on any atom is 0.461 e. The second-order valence-corrected chi connectivity index (χ2v) is 11.0. The van der Waals surface area contributed by atoms with E-state index in [1.165, 1.54) is 53.2 Å². The number of benzene rings is 3. The number of pyridine rings is 1. The van der Waals surface area contributed by atoms with E-state index in [1.54, 1.807) is 14.1 Å². The number of thioether (sulfide) groups is 1. The van der Waals surface area contributed by atoms with E-state index in [-0.39, 0.29) is 29.1 Å². The Morgan fingerprint density at radius 1 is 1.07 bits per heavy atom. The molecule has 4 rings (SSSR count). The van der Waals surface area contributed by atoms with Crippen molar-refractivity contribution in [3.8, 4) is 5.75 Å². The van der Waals surface area contributed by atoms with E-state index in [9.17, 15) is 31.5 Å². The topological polar surface area (TPSA) is 95.9 Å². The van der Waals surface area contributed by atoms with Crippen molar-refractivity contribution in [2.75, 3.05) is 25.2 Å². The SMILES string of the molecule is CN(C)C(=O)C[C@H](CSc1ccccc1)Nc1c(C(=O)N/N=C/c2cccc(OC(F)(F)C(F)F)c2)cnc2ccc(F)cc12. The van der Waals surface area contributed by atoms with Gasteiger partial charge >= 0.3 is 12.5 Å². The molecule has 236 valence electrons. The minimum Gasteiger partial charge on any atom is -0.428 e. The summed E-state index contributed by atoms with van der Waals surface area (Å²) in [6.45, 7) is 0.